The van der Waals surface area contributed by atoms with E-state index in [2.05, 4.69) is 22.7 Å². The average Bonchev–Trinajstić information content (AvgIpc) is 3.02. The molecule has 0 radical (unpaired) electrons. The molecule has 0 saturated heterocycles. The maximum atomic E-state index is 6.40. The Morgan fingerprint density at radius 3 is 2.54 bits per heavy atom. The lowest BCUT2D eigenvalue weighted by Gasteiger charge is -2.26. The van der Waals surface area contributed by atoms with E-state index in [9.17, 15) is 0 Å². The van der Waals surface area contributed by atoms with Gasteiger partial charge in [0.25, 0.3) is 0 Å². The molecule has 2 aromatic rings. The summed E-state index contributed by atoms with van der Waals surface area (Å²) in [6.07, 6.45) is 5.51. The van der Waals surface area contributed by atoms with Gasteiger partial charge in [-0.15, -0.1) is 0 Å². The zero-order valence-corrected chi connectivity index (χ0v) is 14.7. The summed E-state index contributed by atoms with van der Waals surface area (Å²) in [5.74, 6) is 0.368. The summed E-state index contributed by atoms with van der Waals surface area (Å²) in [7, 11) is 0. The molecule has 24 heavy (non-hydrogen) atoms. The van der Waals surface area contributed by atoms with Crippen LogP contribution in [0.1, 0.15) is 36.4 Å². The third kappa shape index (κ3) is 2.85. The van der Waals surface area contributed by atoms with Crippen LogP contribution >= 0.6 is 23.2 Å². The van der Waals surface area contributed by atoms with Gasteiger partial charge in [-0.2, -0.15) is 5.10 Å². The van der Waals surface area contributed by atoms with Crippen molar-refractivity contribution >= 4 is 35.0 Å². The van der Waals surface area contributed by atoms with Crippen molar-refractivity contribution in [1.82, 2.24) is 5.43 Å². The zero-order chi connectivity index (χ0) is 16.5. The van der Waals surface area contributed by atoms with Gasteiger partial charge in [0.05, 0.1) is 11.8 Å². The summed E-state index contributed by atoms with van der Waals surface area (Å²) in [5.41, 5.74) is 7.93. The molecule has 0 spiro atoms. The van der Waals surface area contributed by atoms with Gasteiger partial charge in [-0.25, -0.2) is 0 Å². The molecule has 2 atom stereocenters. The summed E-state index contributed by atoms with van der Waals surface area (Å²) in [6.45, 7) is 0. The molecule has 2 aromatic carbocycles. The van der Waals surface area contributed by atoms with E-state index in [0.29, 0.717) is 5.92 Å². The van der Waals surface area contributed by atoms with Crippen molar-refractivity contribution in [2.24, 2.45) is 11.0 Å². The number of allylic oxidation sites excluding steroid dienone is 1. The van der Waals surface area contributed by atoms with Crippen molar-refractivity contribution in [3.63, 3.8) is 0 Å². The van der Waals surface area contributed by atoms with Crippen molar-refractivity contribution in [2.75, 3.05) is 0 Å². The van der Waals surface area contributed by atoms with E-state index in [4.69, 9.17) is 23.2 Å². The first kappa shape index (κ1) is 15.7. The molecule has 1 heterocycles. The molecule has 4 heteroatoms. The van der Waals surface area contributed by atoms with Crippen LogP contribution in [0.2, 0.25) is 10.0 Å². The minimum Gasteiger partial charge on any atom is -0.302 e. The van der Waals surface area contributed by atoms with Crippen LogP contribution in [-0.2, 0) is 0 Å². The molecule has 1 fully saturated rings. The Kier molecular flexibility index (Phi) is 4.34. The monoisotopic (exact) mass is 356 g/mol. The molecule has 1 aliphatic carbocycles. The van der Waals surface area contributed by atoms with Crippen LogP contribution in [0.25, 0.3) is 6.08 Å². The molecule has 4 rings (SSSR count). The summed E-state index contributed by atoms with van der Waals surface area (Å²) < 4.78 is 0. The van der Waals surface area contributed by atoms with Crippen molar-refractivity contribution in [2.45, 2.75) is 25.3 Å². The van der Waals surface area contributed by atoms with Crippen LogP contribution in [-0.4, -0.2) is 5.71 Å². The van der Waals surface area contributed by atoms with Crippen LogP contribution in [0, 0.1) is 5.92 Å². The van der Waals surface area contributed by atoms with Crippen LogP contribution in [0.5, 0.6) is 0 Å². The van der Waals surface area contributed by atoms with E-state index in [0.717, 1.165) is 46.1 Å². The minimum absolute atomic E-state index is 0.156. The minimum atomic E-state index is 0.156. The van der Waals surface area contributed by atoms with Crippen LogP contribution in [0.4, 0.5) is 0 Å². The summed E-state index contributed by atoms with van der Waals surface area (Å²) >= 11 is 12.7. The molecule has 2 nitrogen and oxygen atoms in total. The second-order valence-corrected chi connectivity index (χ2v) is 7.13. The average molecular weight is 357 g/mol. The van der Waals surface area contributed by atoms with Gasteiger partial charge in [0, 0.05) is 16.0 Å². The summed E-state index contributed by atoms with van der Waals surface area (Å²) in [5, 5.41) is 6.24. The molecule has 2 unspecified atom stereocenters. The molecule has 0 aromatic heterocycles. The summed E-state index contributed by atoms with van der Waals surface area (Å²) in [4.78, 5) is 0. The number of hydrogen-bond donors (Lipinski definition) is 1. The van der Waals surface area contributed by atoms with Crippen LogP contribution in [0.15, 0.2) is 59.2 Å². The van der Waals surface area contributed by atoms with Gasteiger partial charge in [0.2, 0.25) is 0 Å². The number of rotatable bonds is 2. The lowest BCUT2D eigenvalue weighted by molar-refractivity contribution is 0.451. The van der Waals surface area contributed by atoms with E-state index >= 15 is 0 Å². The van der Waals surface area contributed by atoms with E-state index in [1.165, 1.54) is 5.57 Å². The van der Waals surface area contributed by atoms with E-state index < -0.39 is 0 Å². The highest BCUT2D eigenvalue weighted by atomic mass is 35.5. The SMILES string of the molecule is Clc1ccccc1/C=C1\CCCC2C1=NNC2c1ccccc1Cl. The fraction of sp³-hybridized carbons (Fsp3) is 0.250. The van der Waals surface area contributed by atoms with E-state index in [-0.39, 0.29) is 6.04 Å². The number of fused-ring (bicyclic) bond motifs is 1. The predicted molar refractivity (Wildman–Crippen MR) is 102 cm³/mol. The highest BCUT2D eigenvalue weighted by Crippen LogP contribution is 2.41. The van der Waals surface area contributed by atoms with Gasteiger partial charge < -0.3 is 5.43 Å². The van der Waals surface area contributed by atoms with Gasteiger partial charge in [-0.1, -0.05) is 59.6 Å². The number of benzene rings is 2. The molecule has 2 aliphatic rings. The molecule has 1 saturated carbocycles. The number of nitrogens with zero attached hydrogens (tertiary/aromatic N) is 1. The zero-order valence-electron chi connectivity index (χ0n) is 13.2. The first-order chi connectivity index (χ1) is 11.7. The third-order valence-corrected chi connectivity index (χ3v) is 5.53. The third-order valence-electron chi connectivity index (χ3n) is 4.84. The highest BCUT2D eigenvalue weighted by molar-refractivity contribution is 6.32. The molecular weight excluding hydrogens is 339 g/mol. The second-order valence-electron chi connectivity index (χ2n) is 6.32. The standard InChI is InChI=1S/C20H18Cl2N2/c21-17-10-3-1-6-13(17)12-14-7-5-9-16-19(14)23-24-20(16)15-8-2-4-11-18(15)22/h1-4,6,8,10-12,16,20,24H,5,7,9H2/b14-12+. The van der Waals surface area contributed by atoms with Gasteiger partial charge in [0.15, 0.2) is 0 Å². The Bertz CT molecular complexity index is 826. The predicted octanol–water partition coefficient (Wildman–Crippen LogP) is 5.88. The van der Waals surface area contributed by atoms with E-state index in [1.807, 2.05) is 42.5 Å². The molecule has 0 amide bonds. The molecule has 0 bridgehead atoms. The topological polar surface area (TPSA) is 24.4 Å². The van der Waals surface area contributed by atoms with Gasteiger partial charge in [-0.3, -0.25) is 0 Å². The summed E-state index contributed by atoms with van der Waals surface area (Å²) in [6, 6.07) is 16.1. The second kappa shape index (κ2) is 6.62. The van der Waals surface area contributed by atoms with Crippen molar-refractivity contribution < 1.29 is 0 Å². The number of nitrogens with one attached hydrogen (secondary N) is 1. The fourth-order valence-electron chi connectivity index (χ4n) is 3.66. The van der Waals surface area contributed by atoms with Gasteiger partial charge >= 0.3 is 0 Å². The normalized spacial score (nSPS) is 24.4. The molecular formula is C20H18Cl2N2. The Morgan fingerprint density at radius 2 is 1.75 bits per heavy atom. The lowest BCUT2D eigenvalue weighted by Crippen LogP contribution is -2.25. The molecule has 122 valence electrons. The largest absolute Gasteiger partial charge is 0.302 e. The molecule has 1 aliphatic heterocycles. The fourth-order valence-corrected chi connectivity index (χ4v) is 4.11. The van der Waals surface area contributed by atoms with Crippen molar-refractivity contribution in [3.05, 3.63) is 75.3 Å². The number of hydrazone groups is 1. The first-order valence-electron chi connectivity index (χ1n) is 8.27. The number of hydrogen-bond acceptors (Lipinski definition) is 2. The highest BCUT2D eigenvalue weighted by Gasteiger charge is 2.37. The lowest BCUT2D eigenvalue weighted by atomic mass is 9.78. The van der Waals surface area contributed by atoms with Crippen molar-refractivity contribution in [3.8, 4) is 0 Å². The smallest absolute Gasteiger partial charge is 0.0788 e. The first-order valence-corrected chi connectivity index (χ1v) is 9.02. The van der Waals surface area contributed by atoms with Gasteiger partial charge in [0.1, 0.15) is 0 Å². The van der Waals surface area contributed by atoms with Crippen molar-refractivity contribution in [1.29, 1.82) is 0 Å². The quantitative estimate of drug-likeness (QED) is 0.713. The van der Waals surface area contributed by atoms with Crippen LogP contribution in [0.3, 0.4) is 0 Å². The Hall–Kier alpha value is -1.77. The van der Waals surface area contributed by atoms with Crippen LogP contribution < -0.4 is 5.43 Å². The maximum Gasteiger partial charge on any atom is 0.0788 e. The Labute approximate surface area is 152 Å². The maximum absolute atomic E-state index is 6.40. The van der Waals surface area contributed by atoms with E-state index in [1.54, 1.807) is 0 Å². The Morgan fingerprint density at radius 1 is 1.00 bits per heavy atom. The van der Waals surface area contributed by atoms with Gasteiger partial charge in [-0.05, 0) is 54.2 Å². The number of halogens is 2. The molecule has 1 N–H and O–H groups in total. The Balaban J connectivity index is 1.66.